The number of benzene rings is 2. The third kappa shape index (κ3) is 4.41. The van der Waals surface area contributed by atoms with Crippen molar-refractivity contribution in [1.82, 2.24) is 14.8 Å². The van der Waals surface area contributed by atoms with E-state index in [4.69, 9.17) is 11.6 Å². The lowest BCUT2D eigenvalue weighted by Crippen LogP contribution is -2.11. The molecule has 0 bridgehead atoms. The smallest absolute Gasteiger partial charge is 0.255 e. The number of nitrogens with zero attached hydrogens (tertiary/aromatic N) is 3. The van der Waals surface area contributed by atoms with Crippen LogP contribution in [0.25, 0.3) is 0 Å². The van der Waals surface area contributed by atoms with E-state index in [-0.39, 0.29) is 5.91 Å². The molecule has 7 heteroatoms. The third-order valence-electron chi connectivity index (χ3n) is 3.67. The molecule has 0 fully saturated rings. The van der Waals surface area contributed by atoms with Gasteiger partial charge in [-0.15, -0.1) is 10.2 Å². The average Bonchev–Trinajstić information content (AvgIpc) is 3.02. The number of aryl methyl sites for hydroxylation is 2. The van der Waals surface area contributed by atoms with Gasteiger partial charge in [-0.25, -0.2) is 0 Å². The number of rotatable bonds is 5. The second-order valence-corrected chi connectivity index (χ2v) is 6.98. The molecule has 0 spiro atoms. The van der Waals surface area contributed by atoms with E-state index >= 15 is 0 Å². The number of amides is 1. The predicted molar refractivity (Wildman–Crippen MR) is 101 cm³/mol. The average molecular weight is 373 g/mol. The summed E-state index contributed by atoms with van der Waals surface area (Å²) < 4.78 is 1.88. The van der Waals surface area contributed by atoms with E-state index < -0.39 is 0 Å². The van der Waals surface area contributed by atoms with Crippen molar-refractivity contribution in [3.8, 4) is 0 Å². The van der Waals surface area contributed by atoms with E-state index in [9.17, 15) is 4.79 Å². The molecule has 0 saturated heterocycles. The second kappa shape index (κ2) is 7.72. The van der Waals surface area contributed by atoms with Crippen LogP contribution in [0.2, 0.25) is 5.02 Å². The van der Waals surface area contributed by atoms with Gasteiger partial charge in [0.2, 0.25) is 0 Å². The Morgan fingerprint density at radius 1 is 1.24 bits per heavy atom. The Balaban J connectivity index is 1.62. The lowest BCUT2D eigenvalue weighted by atomic mass is 10.1. The highest BCUT2D eigenvalue weighted by atomic mass is 35.5. The minimum absolute atomic E-state index is 0.144. The van der Waals surface area contributed by atoms with Crippen LogP contribution in [0.4, 0.5) is 5.69 Å². The minimum Gasteiger partial charge on any atom is -0.322 e. The standard InChI is InChI=1S/C18H17ClN4OS/c1-12-9-15(7-8-16(12)19)21-17(24)14-5-3-13(4-6-14)10-25-18-22-20-11-23(18)2/h3-9,11H,10H2,1-2H3,(H,21,24). The highest BCUT2D eigenvalue weighted by Crippen LogP contribution is 2.22. The van der Waals surface area contributed by atoms with Gasteiger partial charge in [-0.1, -0.05) is 35.5 Å². The molecule has 5 nitrogen and oxygen atoms in total. The summed E-state index contributed by atoms with van der Waals surface area (Å²) in [5.74, 6) is 0.624. The number of carbonyl (C=O) groups is 1. The number of thioether (sulfide) groups is 1. The van der Waals surface area contributed by atoms with E-state index in [0.717, 1.165) is 27.7 Å². The molecule has 128 valence electrons. The first-order valence-corrected chi connectivity index (χ1v) is 9.02. The van der Waals surface area contributed by atoms with Crippen molar-refractivity contribution in [3.05, 3.63) is 70.5 Å². The fraction of sp³-hybridized carbons (Fsp3) is 0.167. The van der Waals surface area contributed by atoms with Crippen molar-refractivity contribution in [3.63, 3.8) is 0 Å². The first-order chi connectivity index (χ1) is 12.0. The maximum atomic E-state index is 12.3. The monoisotopic (exact) mass is 372 g/mol. The number of halogens is 1. The lowest BCUT2D eigenvalue weighted by molar-refractivity contribution is 0.102. The fourth-order valence-corrected chi connectivity index (χ4v) is 3.19. The van der Waals surface area contributed by atoms with Crippen molar-refractivity contribution in [2.45, 2.75) is 17.8 Å². The number of hydrogen-bond acceptors (Lipinski definition) is 4. The lowest BCUT2D eigenvalue weighted by Gasteiger charge is -2.08. The van der Waals surface area contributed by atoms with Crippen molar-refractivity contribution in [2.75, 3.05) is 5.32 Å². The molecule has 1 aromatic heterocycles. The van der Waals surface area contributed by atoms with Crippen molar-refractivity contribution in [1.29, 1.82) is 0 Å². The number of hydrogen-bond donors (Lipinski definition) is 1. The summed E-state index contributed by atoms with van der Waals surface area (Å²) in [7, 11) is 1.91. The molecular formula is C18H17ClN4OS. The Kier molecular flexibility index (Phi) is 5.40. The van der Waals surface area contributed by atoms with Crippen LogP contribution in [0.3, 0.4) is 0 Å². The van der Waals surface area contributed by atoms with Crippen LogP contribution in [0.5, 0.6) is 0 Å². The predicted octanol–water partition coefficient (Wildman–Crippen LogP) is 4.32. The van der Waals surface area contributed by atoms with Gasteiger partial charge >= 0.3 is 0 Å². The van der Waals surface area contributed by atoms with Gasteiger partial charge in [0.05, 0.1) is 0 Å². The van der Waals surface area contributed by atoms with Gasteiger partial charge in [0.1, 0.15) is 6.33 Å². The molecule has 3 aromatic rings. The summed E-state index contributed by atoms with van der Waals surface area (Å²) in [6.45, 7) is 1.90. The summed E-state index contributed by atoms with van der Waals surface area (Å²) in [5, 5.41) is 12.3. The fourth-order valence-electron chi connectivity index (χ4n) is 2.23. The summed E-state index contributed by atoms with van der Waals surface area (Å²) in [4.78, 5) is 12.3. The Bertz CT molecular complexity index is 892. The topological polar surface area (TPSA) is 59.8 Å². The molecule has 1 N–H and O–H groups in total. The number of anilines is 1. The van der Waals surface area contributed by atoms with Crippen LogP contribution in [0.1, 0.15) is 21.5 Å². The van der Waals surface area contributed by atoms with Crippen molar-refractivity contribution in [2.24, 2.45) is 7.05 Å². The Labute approximate surface area is 155 Å². The number of nitrogens with one attached hydrogen (secondary N) is 1. The first-order valence-electron chi connectivity index (χ1n) is 7.66. The van der Waals surface area contributed by atoms with Crippen LogP contribution >= 0.6 is 23.4 Å². The molecule has 0 radical (unpaired) electrons. The van der Waals surface area contributed by atoms with Gasteiger partial charge in [-0.2, -0.15) is 0 Å². The maximum Gasteiger partial charge on any atom is 0.255 e. The summed E-state index contributed by atoms with van der Waals surface area (Å²) >= 11 is 7.61. The molecule has 0 aliphatic carbocycles. The zero-order chi connectivity index (χ0) is 17.8. The first kappa shape index (κ1) is 17.5. The molecule has 0 aliphatic heterocycles. The van der Waals surface area contributed by atoms with E-state index in [2.05, 4.69) is 15.5 Å². The number of carbonyl (C=O) groups excluding carboxylic acids is 1. The molecule has 2 aromatic carbocycles. The Morgan fingerprint density at radius 3 is 2.64 bits per heavy atom. The van der Waals surface area contributed by atoms with E-state index in [1.165, 1.54) is 0 Å². The minimum atomic E-state index is -0.144. The zero-order valence-electron chi connectivity index (χ0n) is 13.9. The second-order valence-electron chi connectivity index (χ2n) is 5.63. The van der Waals surface area contributed by atoms with Crippen LogP contribution in [-0.4, -0.2) is 20.7 Å². The van der Waals surface area contributed by atoms with E-state index in [0.29, 0.717) is 10.6 Å². The molecular weight excluding hydrogens is 356 g/mol. The summed E-state index contributed by atoms with van der Waals surface area (Å²) in [6, 6.07) is 13.0. The van der Waals surface area contributed by atoms with Crippen molar-refractivity contribution < 1.29 is 4.79 Å². The molecule has 25 heavy (non-hydrogen) atoms. The maximum absolute atomic E-state index is 12.3. The van der Waals surface area contributed by atoms with Crippen LogP contribution in [0.15, 0.2) is 53.9 Å². The quantitative estimate of drug-likeness (QED) is 0.677. The number of aromatic nitrogens is 3. The molecule has 0 aliphatic rings. The van der Waals surface area contributed by atoms with Gasteiger partial charge in [-0.05, 0) is 48.4 Å². The van der Waals surface area contributed by atoms with Crippen LogP contribution in [-0.2, 0) is 12.8 Å². The summed E-state index contributed by atoms with van der Waals surface area (Å²) in [5.41, 5.74) is 3.39. The molecule has 0 atom stereocenters. The third-order valence-corrected chi connectivity index (χ3v) is 5.20. The van der Waals surface area contributed by atoms with Gasteiger partial charge in [0.25, 0.3) is 5.91 Å². The van der Waals surface area contributed by atoms with Crippen molar-refractivity contribution >= 4 is 35.0 Å². The molecule has 0 saturated carbocycles. The zero-order valence-corrected chi connectivity index (χ0v) is 15.4. The highest BCUT2D eigenvalue weighted by molar-refractivity contribution is 7.98. The highest BCUT2D eigenvalue weighted by Gasteiger charge is 2.08. The molecule has 3 rings (SSSR count). The van der Waals surface area contributed by atoms with Gasteiger partial charge in [0.15, 0.2) is 5.16 Å². The van der Waals surface area contributed by atoms with Gasteiger partial charge < -0.3 is 9.88 Å². The van der Waals surface area contributed by atoms with E-state index in [1.807, 2.05) is 48.9 Å². The molecule has 1 amide bonds. The van der Waals surface area contributed by atoms with Gasteiger partial charge in [0, 0.05) is 29.1 Å². The van der Waals surface area contributed by atoms with E-state index in [1.54, 1.807) is 30.2 Å². The van der Waals surface area contributed by atoms with Crippen LogP contribution < -0.4 is 5.32 Å². The Morgan fingerprint density at radius 2 is 2.00 bits per heavy atom. The van der Waals surface area contributed by atoms with Gasteiger partial charge in [-0.3, -0.25) is 4.79 Å². The molecule has 0 unspecified atom stereocenters. The normalized spacial score (nSPS) is 10.7. The Hall–Kier alpha value is -2.31. The van der Waals surface area contributed by atoms with Crippen LogP contribution in [0, 0.1) is 6.92 Å². The summed E-state index contributed by atoms with van der Waals surface area (Å²) in [6.07, 6.45) is 1.67. The SMILES string of the molecule is Cc1cc(NC(=O)c2ccc(CSc3nncn3C)cc2)ccc1Cl. The largest absolute Gasteiger partial charge is 0.322 e. The molecule has 1 heterocycles.